The van der Waals surface area contributed by atoms with E-state index in [2.05, 4.69) is 78.6 Å². The van der Waals surface area contributed by atoms with Gasteiger partial charge in [0.25, 0.3) is 5.92 Å². The number of nitrogens with zero attached hydrogens (tertiary/aromatic N) is 1. The van der Waals surface area contributed by atoms with Gasteiger partial charge in [-0.25, -0.2) is 8.78 Å². The molecule has 1 aromatic carbocycles. The van der Waals surface area contributed by atoms with E-state index >= 15 is 0 Å². The Balaban J connectivity index is 0.00000313. The molecule has 290 valence electrons. The second kappa shape index (κ2) is 22.4. The lowest BCUT2D eigenvalue weighted by Gasteiger charge is -2.40. The molecule has 1 amide bonds. The second-order valence-electron chi connectivity index (χ2n) is 13.5. The molecule has 0 spiro atoms. The maximum Gasteiger partial charge on any atom is 0.266 e. The highest BCUT2D eigenvalue weighted by Gasteiger charge is 2.30. The average molecular weight is 733 g/mol. The molecule has 0 unspecified atom stereocenters. The molecule has 1 saturated heterocycles. The molecule has 1 heterocycles. The van der Waals surface area contributed by atoms with Gasteiger partial charge in [-0.2, -0.15) is 0 Å². The number of ether oxygens (including phenoxy) is 1. The van der Waals surface area contributed by atoms with E-state index in [-0.39, 0.29) is 23.2 Å². The first-order valence-electron chi connectivity index (χ1n) is 18.3. The quantitative estimate of drug-likeness (QED) is 0.0964. The maximum atomic E-state index is 13.5. The summed E-state index contributed by atoms with van der Waals surface area (Å²) in [6.45, 7) is 15.1. The van der Waals surface area contributed by atoms with E-state index < -0.39 is 5.92 Å². The zero-order valence-electron chi connectivity index (χ0n) is 33.0. The minimum absolute atomic E-state index is 0.0150. The van der Waals surface area contributed by atoms with Crippen molar-refractivity contribution in [1.29, 1.82) is 0 Å². The molecule has 2 aliphatic rings. The van der Waals surface area contributed by atoms with Crippen molar-refractivity contribution >= 4 is 17.2 Å². The molecule has 1 saturated carbocycles. The number of para-hydroxylation sites is 1. The first-order valence-corrected chi connectivity index (χ1v) is 18.3. The topological polar surface area (TPSA) is 118 Å². The van der Waals surface area contributed by atoms with Crippen LogP contribution in [-0.2, 0) is 4.79 Å². The van der Waals surface area contributed by atoms with E-state index in [9.17, 15) is 13.6 Å². The summed E-state index contributed by atoms with van der Waals surface area (Å²) in [7, 11) is 5.38. The lowest BCUT2D eigenvalue weighted by atomic mass is 9.90. The molecule has 2 fully saturated rings. The van der Waals surface area contributed by atoms with Gasteiger partial charge in [-0.15, -0.1) is 0 Å². The normalized spacial score (nSPS) is 17.3. The summed E-state index contributed by atoms with van der Waals surface area (Å²) in [6.07, 6.45) is 22.4. The molecule has 0 bridgehead atoms. The van der Waals surface area contributed by atoms with Gasteiger partial charge in [0.2, 0.25) is 5.91 Å². The van der Waals surface area contributed by atoms with Crippen LogP contribution in [0.25, 0.3) is 5.57 Å². The molecule has 1 aromatic rings. The van der Waals surface area contributed by atoms with Crippen LogP contribution in [0.2, 0.25) is 0 Å². The molecule has 0 aromatic heterocycles. The number of halogens is 2. The lowest BCUT2D eigenvalue weighted by molar-refractivity contribution is -0.121. The van der Waals surface area contributed by atoms with Crippen molar-refractivity contribution in [2.24, 2.45) is 23.3 Å². The summed E-state index contributed by atoms with van der Waals surface area (Å²) in [5, 5.41) is 8.83. The SMILES string of the molecule is C=C/C(N)=C(/C=C(\N)NC(=O)C1CC1)Nc1cccc(C(/C=C/CC)=C/C=C(\C)C2CN(CC(/C=C\C=C(/C)C(C)(F)F)=C\CC)C2)c1OC.CNC. The number of benzene rings is 1. The van der Waals surface area contributed by atoms with Gasteiger partial charge in [0.15, 0.2) is 0 Å². The Labute approximate surface area is 316 Å². The van der Waals surface area contributed by atoms with Crippen LogP contribution in [0.5, 0.6) is 5.75 Å². The van der Waals surface area contributed by atoms with Crippen molar-refractivity contribution in [1.82, 2.24) is 15.5 Å². The fourth-order valence-electron chi connectivity index (χ4n) is 5.30. The number of hydrogen-bond acceptors (Lipinski definition) is 7. The van der Waals surface area contributed by atoms with Crippen LogP contribution in [0, 0.1) is 11.8 Å². The number of nitrogens with one attached hydrogen (secondary N) is 3. The number of hydrogen-bond donors (Lipinski definition) is 5. The van der Waals surface area contributed by atoms with Crippen LogP contribution < -0.4 is 32.2 Å². The van der Waals surface area contributed by atoms with Crippen LogP contribution in [-0.4, -0.2) is 57.6 Å². The third-order valence-electron chi connectivity index (χ3n) is 8.73. The molecule has 53 heavy (non-hydrogen) atoms. The Bertz CT molecular complexity index is 1630. The molecule has 7 N–H and O–H groups in total. The van der Waals surface area contributed by atoms with Gasteiger partial charge in [0, 0.05) is 50.0 Å². The number of carbonyl (C=O) groups is 1. The largest absolute Gasteiger partial charge is 0.494 e. The van der Waals surface area contributed by atoms with E-state index in [1.807, 2.05) is 38.4 Å². The number of anilines is 1. The fourth-order valence-corrected chi connectivity index (χ4v) is 5.30. The summed E-state index contributed by atoms with van der Waals surface area (Å²) in [5.74, 6) is -1.67. The number of rotatable bonds is 18. The molecule has 0 radical (unpaired) electrons. The molecule has 0 atom stereocenters. The van der Waals surface area contributed by atoms with E-state index in [0.717, 1.165) is 69.0 Å². The van der Waals surface area contributed by atoms with Crippen molar-refractivity contribution in [3.8, 4) is 5.75 Å². The number of nitrogens with two attached hydrogens (primary N) is 2. The van der Waals surface area contributed by atoms with Crippen molar-refractivity contribution in [3.05, 3.63) is 125 Å². The van der Waals surface area contributed by atoms with Gasteiger partial charge in [-0.3, -0.25) is 9.69 Å². The summed E-state index contributed by atoms with van der Waals surface area (Å²) in [6, 6.07) is 5.85. The van der Waals surface area contributed by atoms with E-state index in [0.29, 0.717) is 28.7 Å². The van der Waals surface area contributed by atoms with Crippen molar-refractivity contribution in [2.75, 3.05) is 46.2 Å². The van der Waals surface area contributed by atoms with Gasteiger partial charge in [0.1, 0.15) is 11.6 Å². The minimum Gasteiger partial charge on any atom is -0.494 e. The van der Waals surface area contributed by atoms with Crippen molar-refractivity contribution < 1.29 is 18.3 Å². The van der Waals surface area contributed by atoms with E-state index in [4.69, 9.17) is 16.2 Å². The zero-order valence-corrected chi connectivity index (χ0v) is 33.0. The monoisotopic (exact) mass is 732 g/mol. The van der Waals surface area contributed by atoms with Gasteiger partial charge < -0.3 is 32.2 Å². The van der Waals surface area contributed by atoms with Crippen LogP contribution in [0.3, 0.4) is 0 Å². The number of likely N-dealkylation sites (tertiary alicyclic amines) is 1. The number of methoxy groups -OCH3 is 1. The minimum atomic E-state index is -2.82. The highest BCUT2D eigenvalue weighted by Crippen LogP contribution is 2.36. The van der Waals surface area contributed by atoms with Crippen LogP contribution in [0.1, 0.15) is 65.9 Å². The summed E-state index contributed by atoms with van der Waals surface area (Å²) in [4.78, 5) is 14.6. The Morgan fingerprint density at radius 2 is 1.74 bits per heavy atom. The maximum absolute atomic E-state index is 13.5. The Morgan fingerprint density at radius 3 is 2.30 bits per heavy atom. The summed E-state index contributed by atoms with van der Waals surface area (Å²) in [5.41, 5.74) is 18.3. The number of carbonyl (C=O) groups excluding carboxylic acids is 1. The molecule has 8 nitrogen and oxygen atoms in total. The molecular formula is C43H62F2N6O2. The highest BCUT2D eigenvalue weighted by atomic mass is 19.3. The van der Waals surface area contributed by atoms with E-state index in [1.165, 1.54) is 24.6 Å². The van der Waals surface area contributed by atoms with E-state index in [1.54, 1.807) is 19.3 Å². The molecule has 10 heteroatoms. The number of allylic oxidation sites excluding steroid dienone is 11. The summed E-state index contributed by atoms with van der Waals surface area (Å²) >= 11 is 0. The first-order chi connectivity index (χ1) is 25.2. The fraction of sp³-hybridized carbons (Fsp3) is 0.419. The smallest absolute Gasteiger partial charge is 0.266 e. The van der Waals surface area contributed by atoms with Crippen LogP contribution in [0.4, 0.5) is 14.5 Å². The Kier molecular flexibility index (Phi) is 18.8. The lowest BCUT2D eigenvalue weighted by Crippen LogP contribution is -2.47. The number of amides is 1. The third-order valence-corrected chi connectivity index (χ3v) is 8.73. The standard InChI is InChI=1S/C41H55F2N5O2.C2H7N/c1-8-11-17-31(21-20-28(4)33-26-48(27-33)25-30(14-9-2)16-12-15-29(5)41(6,42)43)34-18-13-19-36(39(34)50-7)46-37(35(44)10-3)24-38(45)47-40(49)32-22-23-32;1-3-2/h10-21,24,32-33,46H,3,8-9,22-23,25-27,44-45H2,1-2,4-7H3,(H,47,49);3H,1-2H3/b16-12-,17-11+,28-20+,29-15+,30-14-,31-21+,37-35+,38-24+;. The summed E-state index contributed by atoms with van der Waals surface area (Å²) < 4.78 is 33.0. The van der Waals surface area contributed by atoms with Crippen LogP contribution in [0.15, 0.2) is 119 Å². The first kappa shape index (κ1) is 44.5. The van der Waals surface area contributed by atoms with Gasteiger partial charge in [-0.1, -0.05) is 86.7 Å². The van der Waals surface area contributed by atoms with Gasteiger partial charge in [-0.05, 0) is 82.5 Å². The van der Waals surface area contributed by atoms with Gasteiger partial charge >= 0.3 is 0 Å². The zero-order chi connectivity index (χ0) is 39.6. The van der Waals surface area contributed by atoms with Crippen molar-refractivity contribution in [2.45, 2.75) is 66.2 Å². The average Bonchev–Trinajstić information content (AvgIpc) is 3.95. The second-order valence-corrected chi connectivity index (χ2v) is 13.5. The van der Waals surface area contributed by atoms with Gasteiger partial charge in [0.05, 0.1) is 24.2 Å². The third kappa shape index (κ3) is 15.1. The molecule has 3 rings (SSSR count). The Morgan fingerprint density at radius 1 is 1.06 bits per heavy atom. The Hall–Kier alpha value is -4.67. The molecule has 1 aliphatic carbocycles. The predicted octanol–water partition coefficient (Wildman–Crippen LogP) is 8.35. The van der Waals surface area contributed by atoms with Crippen LogP contribution >= 0.6 is 0 Å². The molecule has 1 aliphatic heterocycles. The number of alkyl halides is 2. The van der Waals surface area contributed by atoms with Crippen molar-refractivity contribution in [3.63, 3.8) is 0 Å². The molecular weight excluding hydrogens is 671 g/mol. The highest BCUT2D eigenvalue weighted by molar-refractivity contribution is 5.84. The predicted molar refractivity (Wildman–Crippen MR) is 219 cm³/mol.